The molecule has 112 valence electrons. The summed E-state index contributed by atoms with van der Waals surface area (Å²) in [6.45, 7) is 4.10. The van der Waals surface area contributed by atoms with Crippen molar-refractivity contribution in [3.8, 4) is 11.5 Å². The Morgan fingerprint density at radius 2 is 1.67 bits per heavy atom. The van der Waals surface area contributed by atoms with Gasteiger partial charge in [0.1, 0.15) is 11.5 Å². The summed E-state index contributed by atoms with van der Waals surface area (Å²) in [5.74, 6) is 1.76. The molecule has 0 fully saturated rings. The minimum absolute atomic E-state index is 0.0878. The molecule has 0 radical (unpaired) electrons. The smallest absolute Gasteiger partial charge is 0.122 e. The Hall–Kier alpha value is -2.00. The van der Waals surface area contributed by atoms with E-state index >= 15 is 0 Å². The highest BCUT2D eigenvalue weighted by Gasteiger charge is 2.12. The monoisotopic (exact) mass is 285 g/mol. The molecule has 0 aliphatic rings. The lowest BCUT2D eigenvalue weighted by Crippen LogP contribution is -2.14. The Morgan fingerprint density at radius 3 is 2.33 bits per heavy atom. The largest absolute Gasteiger partial charge is 0.496 e. The van der Waals surface area contributed by atoms with Crippen LogP contribution in [0.2, 0.25) is 0 Å². The molecule has 3 nitrogen and oxygen atoms in total. The molecule has 0 aliphatic heterocycles. The van der Waals surface area contributed by atoms with E-state index in [-0.39, 0.29) is 6.04 Å². The molecule has 2 aromatic rings. The summed E-state index contributed by atoms with van der Waals surface area (Å²) >= 11 is 0. The molecular formula is C18H23NO2. The molecule has 2 rings (SSSR count). The Bertz CT molecular complexity index is 623. The van der Waals surface area contributed by atoms with Gasteiger partial charge in [-0.15, -0.1) is 0 Å². The number of ether oxygens (including phenoxy) is 2. The predicted molar refractivity (Wildman–Crippen MR) is 86.1 cm³/mol. The van der Waals surface area contributed by atoms with Gasteiger partial charge in [0.05, 0.1) is 14.2 Å². The van der Waals surface area contributed by atoms with Crippen LogP contribution in [0.15, 0.2) is 36.4 Å². The minimum Gasteiger partial charge on any atom is -0.496 e. The van der Waals surface area contributed by atoms with Crippen LogP contribution in [0, 0.1) is 13.8 Å². The van der Waals surface area contributed by atoms with Gasteiger partial charge in [-0.25, -0.2) is 0 Å². The Labute approximate surface area is 126 Å². The van der Waals surface area contributed by atoms with Gasteiger partial charge in [0.2, 0.25) is 0 Å². The maximum absolute atomic E-state index is 6.36. The van der Waals surface area contributed by atoms with Gasteiger partial charge in [-0.05, 0) is 49.1 Å². The fourth-order valence-electron chi connectivity index (χ4n) is 2.49. The highest BCUT2D eigenvalue weighted by molar-refractivity contribution is 5.41. The van der Waals surface area contributed by atoms with Gasteiger partial charge >= 0.3 is 0 Å². The second kappa shape index (κ2) is 6.64. The molecule has 3 heteroatoms. The van der Waals surface area contributed by atoms with E-state index in [4.69, 9.17) is 15.2 Å². The Balaban J connectivity index is 2.25. The molecule has 0 aromatic heterocycles. The van der Waals surface area contributed by atoms with Gasteiger partial charge in [-0.3, -0.25) is 0 Å². The SMILES string of the molecule is COc1cc(C(N)Cc2cc(C)ccc2OC)ccc1C. The van der Waals surface area contributed by atoms with Crippen LogP contribution >= 0.6 is 0 Å². The van der Waals surface area contributed by atoms with Crippen molar-refractivity contribution in [2.45, 2.75) is 26.3 Å². The van der Waals surface area contributed by atoms with Crippen molar-refractivity contribution in [1.82, 2.24) is 0 Å². The summed E-state index contributed by atoms with van der Waals surface area (Å²) in [4.78, 5) is 0. The Morgan fingerprint density at radius 1 is 0.952 bits per heavy atom. The van der Waals surface area contributed by atoms with E-state index in [1.54, 1.807) is 14.2 Å². The third-order valence-electron chi connectivity index (χ3n) is 3.74. The van der Waals surface area contributed by atoms with Crippen LogP contribution in [0.3, 0.4) is 0 Å². The topological polar surface area (TPSA) is 44.5 Å². The molecule has 0 saturated heterocycles. The zero-order valence-corrected chi connectivity index (χ0v) is 13.1. The summed E-state index contributed by atoms with van der Waals surface area (Å²) in [5, 5.41) is 0. The summed E-state index contributed by atoms with van der Waals surface area (Å²) in [7, 11) is 3.37. The maximum Gasteiger partial charge on any atom is 0.122 e. The molecule has 0 spiro atoms. The lowest BCUT2D eigenvalue weighted by Gasteiger charge is -2.16. The van der Waals surface area contributed by atoms with Gasteiger partial charge in [0, 0.05) is 6.04 Å². The number of nitrogens with two attached hydrogens (primary N) is 1. The van der Waals surface area contributed by atoms with E-state index in [0.29, 0.717) is 0 Å². The summed E-state index contributed by atoms with van der Waals surface area (Å²) in [6.07, 6.45) is 0.733. The van der Waals surface area contributed by atoms with Crippen LogP contribution in [0.4, 0.5) is 0 Å². The van der Waals surface area contributed by atoms with Gasteiger partial charge in [0.25, 0.3) is 0 Å². The summed E-state index contributed by atoms with van der Waals surface area (Å²) in [6, 6.07) is 12.2. The van der Waals surface area contributed by atoms with Crippen molar-refractivity contribution in [3.63, 3.8) is 0 Å². The molecule has 1 unspecified atom stereocenters. The normalized spacial score (nSPS) is 12.0. The standard InChI is InChI=1S/C18H23NO2/c1-12-5-8-17(20-3)15(9-12)10-16(19)14-7-6-13(2)18(11-14)21-4/h5-9,11,16H,10,19H2,1-4H3. The van der Waals surface area contributed by atoms with Gasteiger partial charge < -0.3 is 15.2 Å². The summed E-state index contributed by atoms with van der Waals surface area (Å²) < 4.78 is 10.8. The minimum atomic E-state index is -0.0878. The maximum atomic E-state index is 6.36. The van der Waals surface area contributed by atoms with E-state index < -0.39 is 0 Å². The third kappa shape index (κ3) is 3.56. The highest BCUT2D eigenvalue weighted by Crippen LogP contribution is 2.27. The van der Waals surface area contributed by atoms with Gasteiger partial charge in [0.15, 0.2) is 0 Å². The van der Waals surface area contributed by atoms with Crippen LogP contribution in [-0.4, -0.2) is 14.2 Å². The van der Waals surface area contributed by atoms with E-state index in [1.807, 2.05) is 31.2 Å². The molecule has 0 amide bonds. The average Bonchev–Trinajstić information content (AvgIpc) is 2.48. The molecule has 2 N–H and O–H groups in total. The van der Waals surface area contributed by atoms with Crippen molar-refractivity contribution < 1.29 is 9.47 Å². The molecule has 2 aromatic carbocycles. The molecule has 0 saturated carbocycles. The van der Waals surface area contributed by atoms with E-state index in [2.05, 4.69) is 19.1 Å². The van der Waals surface area contributed by atoms with E-state index in [0.717, 1.165) is 34.6 Å². The number of rotatable bonds is 5. The first-order chi connectivity index (χ1) is 10.0. The number of hydrogen-bond acceptors (Lipinski definition) is 3. The van der Waals surface area contributed by atoms with Crippen molar-refractivity contribution in [3.05, 3.63) is 58.7 Å². The predicted octanol–water partition coefficient (Wildman–Crippen LogP) is 3.56. The highest BCUT2D eigenvalue weighted by atomic mass is 16.5. The van der Waals surface area contributed by atoms with Gasteiger partial charge in [-0.1, -0.05) is 29.8 Å². The molecule has 0 aliphatic carbocycles. The Kier molecular flexibility index (Phi) is 4.86. The van der Waals surface area contributed by atoms with E-state index in [9.17, 15) is 0 Å². The van der Waals surface area contributed by atoms with Crippen LogP contribution in [0.1, 0.15) is 28.3 Å². The number of hydrogen-bond donors (Lipinski definition) is 1. The van der Waals surface area contributed by atoms with E-state index in [1.165, 1.54) is 5.56 Å². The fraction of sp³-hybridized carbons (Fsp3) is 0.333. The number of methoxy groups -OCH3 is 2. The quantitative estimate of drug-likeness (QED) is 0.913. The van der Waals surface area contributed by atoms with Crippen LogP contribution in [0.25, 0.3) is 0 Å². The first-order valence-electron chi connectivity index (χ1n) is 7.08. The number of benzene rings is 2. The second-order valence-electron chi connectivity index (χ2n) is 5.35. The lowest BCUT2D eigenvalue weighted by atomic mass is 9.97. The molecular weight excluding hydrogens is 262 g/mol. The fourth-order valence-corrected chi connectivity index (χ4v) is 2.49. The summed E-state index contributed by atoms with van der Waals surface area (Å²) in [5.41, 5.74) is 10.9. The molecule has 1 atom stereocenters. The van der Waals surface area contributed by atoms with Crippen molar-refractivity contribution in [1.29, 1.82) is 0 Å². The number of aryl methyl sites for hydroxylation is 2. The molecule has 0 bridgehead atoms. The van der Waals surface area contributed by atoms with Crippen LogP contribution in [0.5, 0.6) is 11.5 Å². The van der Waals surface area contributed by atoms with Crippen molar-refractivity contribution >= 4 is 0 Å². The van der Waals surface area contributed by atoms with Crippen LogP contribution < -0.4 is 15.2 Å². The zero-order valence-electron chi connectivity index (χ0n) is 13.1. The van der Waals surface area contributed by atoms with Crippen LogP contribution in [-0.2, 0) is 6.42 Å². The zero-order chi connectivity index (χ0) is 15.4. The van der Waals surface area contributed by atoms with Crippen molar-refractivity contribution in [2.75, 3.05) is 14.2 Å². The molecule has 21 heavy (non-hydrogen) atoms. The van der Waals surface area contributed by atoms with Crippen molar-refractivity contribution in [2.24, 2.45) is 5.73 Å². The average molecular weight is 285 g/mol. The van der Waals surface area contributed by atoms with Gasteiger partial charge in [-0.2, -0.15) is 0 Å². The third-order valence-corrected chi connectivity index (χ3v) is 3.74. The molecule has 0 heterocycles. The first-order valence-corrected chi connectivity index (χ1v) is 7.08. The lowest BCUT2D eigenvalue weighted by molar-refractivity contribution is 0.407. The second-order valence-corrected chi connectivity index (χ2v) is 5.35. The first kappa shape index (κ1) is 15.4.